The van der Waals surface area contributed by atoms with Gasteiger partial charge in [0.25, 0.3) is 5.91 Å². The molecule has 2 aromatic rings. The van der Waals surface area contributed by atoms with Crippen LogP contribution in [0.5, 0.6) is 0 Å². The number of aromatic amines is 1. The molecule has 8 heteroatoms. The van der Waals surface area contributed by atoms with Crippen LogP contribution in [-0.2, 0) is 13.5 Å². The number of hydrogen-bond donors (Lipinski definition) is 2. The maximum absolute atomic E-state index is 12.1. The van der Waals surface area contributed by atoms with Crippen molar-refractivity contribution < 1.29 is 4.79 Å². The predicted octanol–water partition coefficient (Wildman–Crippen LogP) is 1.71. The third-order valence-corrected chi connectivity index (χ3v) is 4.14. The Morgan fingerprint density at radius 3 is 2.67 bits per heavy atom. The molecule has 0 saturated carbocycles. The predicted molar refractivity (Wildman–Crippen MR) is 82.2 cm³/mol. The molecule has 0 bridgehead atoms. The zero-order chi connectivity index (χ0) is 15.6. The van der Waals surface area contributed by atoms with Crippen LogP contribution < -0.4 is 5.32 Å². The van der Waals surface area contributed by atoms with Crippen LogP contribution in [0, 0.1) is 6.92 Å². The van der Waals surface area contributed by atoms with E-state index < -0.39 is 0 Å². The summed E-state index contributed by atoms with van der Waals surface area (Å²) in [7, 11) is 1.91. The molecule has 0 unspecified atom stereocenters. The van der Waals surface area contributed by atoms with Crippen molar-refractivity contribution in [3.8, 4) is 0 Å². The molecule has 0 spiro atoms. The lowest BCUT2D eigenvalue weighted by atomic mass is 10.1. The van der Waals surface area contributed by atoms with Crippen LogP contribution in [0.2, 0.25) is 0 Å². The van der Waals surface area contributed by atoms with Crippen molar-refractivity contribution in [2.75, 3.05) is 6.54 Å². The van der Waals surface area contributed by atoms with Crippen molar-refractivity contribution in [1.29, 1.82) is 0 Å². The normalized spacial score (nSPS) is 11.1. The molecule has 0 radical (unpaired) electrons. The molecule has 1 amide bonds. The van der Waals surface area contributed by atoms with E-state index in [1.807, 2.05) is 32.4 Å². The van der Waals surface area contributed by atoms with Crippen LogP contribution in [0.25, 0.3) is 0 Å². The summed E-state index contributed by atoms with van der Waals surface area (Å²) in [5.74, 6) is 1.77. The molecule has 2 aromatic heterocycles. The van der Waals surface area contributed by atoms with E-state index in [2.05, 4.69) is 41.6 Å². The van der Waals surface area contributed by atoms with Crippen molar-refractivity contribution in [3.63, 3.8) is 0 Å². The van der Waals surface area contributed by atoms with E-state index in [1.54, 1.807) is 0 Å². The van der Waals surface area contributed by atoms with Crippen LogP contribution in [0.15, 0.2) is 4.47 Å². The highest BCUT2D eigenvalue weighted by molar-refractivity contribution is 9.10. The van der Waals surface area contributed by atoms with Gasteiger partial charge in [-0.05, 0) is 28.8 Å². The van der Waals surface area contributed by atoms with Gasteiger partial charge in [0.05, 0.1) is 10.2 Å². The van der Waals surface area contributed by atoms with Gasteiger partial charge in [-0.2, -0.15) is 5.10 Å². The third-order valence-electron chi connectivity index (χ3n) is 3.34. The van der Waals surface area contributed by atoms with Crippen LogP contribution in [0.4, 0.5) is 0 Å². The number of halogens is 1. The zero-order valence-corrected chi connectivity index (χ0v) is 14.2. The summed E-state index contributed by atoms with van der Waals surface area (Å²) in [4.78, 5) is 12.1. The summed E-state index contributed by atoms with van der Waals surface area (Å²) in [5.41, 5.74) is 1.30. The molecular weight excluding hydrogens is 336 g/mol. The number of carbonyl (C=O) groups is 1. The Kier molecular flexibility index (Phi) is 4.76. The van der Waals surface area contributed by atoms with Crippen molar-refractivity contribution in [2.24, 2.45) is 7.05 Å². The number of H-pyrrole nitrogens is 1. The Labute approximate surface area is 131 Å². The fourth-order valence-electron chi connectivity index (χ4n) is 1.92. The standard InChI is InChI=1S/C13H19BrN6O/c1-7(2)11-10(14)12(19-18-11)13(21)15-6-5-9-17-16-8(3)20(9)4/h7H,5-6H2,1-4H3,(H,15,21)(H,18,19). The topological polar surface area (TPSA) is 88.5 Å². The van der Waals surface area contributed by atoms with E-state index in [-0.39, 0.29) is 11.8 Å². The fourth-order valence-corrected chi connectivity index (χ4v) is 2.73. The monoisotopic (exact) mass is 354 g/mol. The maximum Gasteiger partial charge on any atom is 0.272 e. The first-order valence-corrected chi connectivity index (χ1v) is 7.58. The molecule has 0 aromatic carbocycles. The highest BCUT2D eigenvalue weighted by Gasteiger charge is 2.19. The number of amides is 1. The summed E-state index contributed by atoms with van der Waals surface area (Å²) in [6.07, 6.45) is 0.627. The van der Waals surface area contributed by atoms with E-state index in [9.17, 15) is 4.79 Å². The SMILES string of the molecule is Cc1nnc(CCNC(=O)c2n[nH]c(C(C)C)c2Br)n1C. The van der Waals surface area contributed by atoms with Crippen molar-refractivity contribution in [3.05, 3.63) is 27.5 Å². The lowest BCUT2D eigenvalue weighted by Crippen LogP contribution is -2.27. The third kappa shape index (κ3) is 3.31. The van der Waals surface area contributed by atoms with E-state index in [1.165, 1.54) is 0 Å². The first-order valence-electron chi connectivity index (χ1n) is 6.78. The zero-order valence-electron chi connectivity index (χ0n) is 12.6. The molecule has 114 valence electrons. The number of rotatable bonds is 5. The molecule has 21 heavy (non-hydrogen) atoms. The summed E-state index contributed by atoms with van der Waals surface area (Å²) in [6.45, 7) is 6.46. The number of nitrogens with zero attached hydrogens (tertiary/aromatic N) is 4. The van der Waals surface area contributed by atoms with Crippen molar-refractivity contribution >= 4 is 21.8 Å². The van der Waals surface area contributed by atoms with Gasteiger partial charge in [0.15, 0.2) is 5.69 Å². The summed E-state index contributed by atoms with van der Waals surface area (Å²) in [5, 5.41) is 17.8. The minimum absolute atomic E-state index is 0.205. The molecule has 2 N–H and O–H groups in total. The summed E-state index contributed by atoms with van der Waals surface area (Å²) in [6, 6.07) is 0. The van der Waals surface area contributed by atoms with Crippen LogP contribution in [0.3, 0.4) is 0 Å². The molecule has 0 aliphatic carbocycles. The number of aryl methyl sites for hydroxylation is 1. The smallest absolute Gasteiger partial charge is 0.272 e. The molecule has 2 heterocycles. The Bertz CT molecular complexity index is 645. The fraction of sp³-hybridized carbons (Fsp3) is 0.538. The number of nitrogens with one attached hydrogen (secondary N) is 2. The number of carbonyl (C=O) groups excluding carboxylic acids is 1. The van der Waals surface area contributed by atoms with Gasteiger partial charge in [0, 0.05) is 20.0 Å². The van der Waals surface area contributed by atoms with Gasteiger partial charge >= 0.3 is 0 Å². The quantitative estimate of drug-likeness (QED) is 0.855. The Morgan fingerprint density at radius 1 is 1.43 bits per heavy atom. The van der Waals surface area contributed by atoms with Crippen molar-refractivity contribution in [2.45, 2.75) is 33.1 Å². The van der Waals surface area contributed by atoms with E-state index in [0.29, 0.717) is 18.7 Å². The van der Waals surface area contributed by atoms with Gasteiger partial charge in [-0.1, -0.05) is 13.8 Å². The molecular formula is C13H19BrN6O. The Hall–Kier alpha value is -1.70. The van der Waals surface area contributed by atoms with E-state index in [4.69, 9.17) is 0 Å². The van der Waals surface area contributed by atoms with Crippen molar-refractivity contribution in [1.82, 2.24) is 30.3 Å². The minimum Gasteiger partial charge on any atom is -0.350 e. The average molecular weight is 355 g/mol. The van der Waals surface area contributed by atoms with Crippen LogP contribution in [-0.4, -0.2) is 37.4 Å². The minimum atomic E-state index is -0.205. The van der Waals surface area contributed by atoms with Gasteiger partial charge in [0.1, 0.15) is 11.6 Å². The summed E-state index contributed by atoms with van der Waals surface area (Å²) >= 11 is 3.42. The second-order valence-corrected chi connectivity index (χ2v) is 5.98. The molecule has 0 saturated heterocycles. The van der Waals surface area contributed by atoms with Gasteiger partial charge in [-0.15, -0.1) is 10.2 Å². The second kappa shape index (κ2) is 6.38. The molecule has 0 fully saturated rings. The highest BCUT2D eigenvalue weighted by atomic mass is 79.9. The second-order valence-electron chi connectivity index (χ2n) is 5.18. The molecule has 0 aliphatic rings. The highest BCUT2D eigenvalue weighted by Crippen LogP contribution is 2.25. The average Bonchev–Trinajstić information content (AvgIpc) is 2.96. The first kappa shape index (κ1) is 15.7. The molecule has 2 rings (SSSR count). The molecule has 7 nitrogen and oxygen atoms in total. The van der Waals surface area contributed by atoms with Crippen LogP contribution in [0.1, 0.15) is 47.6 Å². The van der Waals surface area contributed by atoms with E-state index in [0.717, 1.165) is 21.8 Å². The molecule has 0 atom stereocenters. The van der Waals surface area contributed by atoms with Gasteiger partial charge < -0.3 is 9.88 Å². The molecule has 0 aliphatic heterocycles. The van der Waals surface area contributed by atoms with E-state index >= 15 is 0 Å². The number of aromatic nitrogens is 5. The Balaban J connectivity index is 1.95. The first-order chi connectivity index (χ1) is 9.91. The van der Waals surface area contributed by atoms with Gasteiger partial charge in [-0.3, -0.25) is 9.89 Å². The number of hydrogen-bond acceptors (Lipinski definition) is 4. The maximum atomic E-state index is 12.1. The summed E-state index contributed by atoms with van der Waals surface area (Å²) < 4.78 is 2.64. The lowest BCUT2D eigenvalue weighted by molar-refractivity contribution is 0.0948. The van der Waals surface area contributed by atoms with Crippen LogP contribution >= 0.6 is 15.9 Å². The largest absolute Gasteiger partial charge is 0.350 e. The lowest BCUT2D eigenvalue weighted by Gasteiger charge is -2.04. The Morgan fingerprint density at radius 2 is 2.14 bits per heavy atom. The van der Waals surface area contributed by atoms with Gasteiger partial charge in [0.2, 0.25) is 0 Å². The van der Waals surface area contributed by atoms with Gasteiger partial charge in [-0.25, -0.2) is 0 Å².